The van der Waals surface area contributed by atoms with Crippen molar-refractivity contribution in [2.24, 2.45) is 0 Å². The van der Waals surface area contributed by atoms with Gasteiger partial charge in [-0.15, -0.1) is 11.3 Å². The van der Waals surface area contributed by atoms with Crippen LogP contribution in [0.1, 0.15) is 17.5 Å². The van der Waals surface area contributed by atoms with E-state index >= 15 is 0 Å². The van der Waals surface area contributed by atoms with Crippen molar-refractivity contribution < 1.29 is 0 Å². The molecule has 14 heavy (non-hydrogen) atoms. The highest BCUT2D eigenvalue weighted by molar-refractivity contribution is 9.08. The number of nitrogens with one attached hydrogen (secondary N) is 1. The summed E-state index contributed by atoms with van der Waals surface area (Å²) in [5.41, 5.74) is 1.38. The van der Waals surface area contributed by atoms with Gasteiger partial charge in [0.15, 0.2) is 0 Å². The fourth-order valence-corrected chi connectivity index (χ4v) is 2.64. The van der Waals surface area contributed by atoms with Gasteiger partial charge in [0, 0.05) is 10.2 Å². The van der Waals surface area contributed by atoms with Crippen molar-refractivity contribution in [1.29, 1.82) is 0 Å². The van der Waals surface area contributed by atoms with E-state index in [2.05, 4.69) is 25.9 Å². The molecule has 0 fully saturated rings. The highest BCUT2D eigenvalue weighted by Crippen LogP contribution is 2.23. The van der Waals surface area contributed by atoms with Crippen LogP contribution in [0.3, 0.4) is 0 Å². The minimum Gasteiger partial charge on any atom is -0.318 e. The van der Waals surface area contributed by atoms with Crippen molar-refractivity contribution in [1.82, 2.24) is 9.97 Å². The Hall–Kier alpha value is -0.680. The Morgan fingerprint density at radius 3 is 3.07 bits per heavy atom. The Balaban J connectivity index is 2.70. The second-order valence-electron chi connectivity index (χ2n) is 2.93. The van der Waals surface area contributed by atoms with E-state index in [1.165, 1.54) is 4.88 Å². The predicted octanol–water partition coefficient (Wildman–Crippen LogP) is 2.44. The van der Waals surface area contributed by atoms with Crippen LogP contribution in [0.15, 0.2) is 10.9 Å². The van der Waals surface area contributed by atoms with E-state index in [0.717, 1.165) is 15.7 Å². The van der Waals surface area contributed by atoms with E-state index in [1.54, 1.807) is 11.3 Å². The van der Waals surface area contributed by atoms with Crippen molar-refractivity contribution in [3.8, 4) is 0 Å². The molecule has 0 aliphatic rings. The lowest BCUT2D eigenvalue weighted by Crippen LogP contribution is -2.13. The van der Waals surface area contributed by atoms with E-state index in [9.17, 15) is 4.79 Å². The van der Waals surface area contributed by atoms with Gasteiger partial charge in [0.25, 0.3) is 5.56 Å². The summed E-state index contributed by atoms with van der Waals surface area (Å²) in [5, 5.41) is 0.803. The number of alkyl halides is 1. The quantitative estimate of drug-likeness (QED) is 0.854. The van der Waals surface area contributed by atoms with Gasteiger partial charge in [-0.1, -0.05) is 22.9 Å². The maximum atomic E-state index is 11.4. The van der Waals surface area contributed by atoms with Gasteiger partial charge in [0.1, 0.15) is 10.5 Å². The second-order valence-corrected chi connectivity index (χ2v) is 4.61. The molecule has 0 bridgehead atoms. The monoisotopic (exact) mass is 272 g/mol. The Bertz CT molecular complexity index is 517. The maximum absolute atomic E-state index is 11.4. The molecule has 0 unspecified atom stereocenters. The highest BCUT2D eigenvalue weighted by atomic mass is 79.9. The van der Waals surface area contributed by atoms with Crippen LogP contribution in [0.5, 0.6) is 0 Å². The van der Waals surface area contributed by atoms with E-state index < -0.39 is 0 Å². The van der Waals surface area contributed by atoms with Crippen molar-refractivity contribution in [2.45, 2.75) is 18.7 Å². The molecule has 0 saturated heterocycles. The van der Waals surface area contributed by atoms with E-state index in [4.69, 9.17) is 0 Å². The van der Waals surface area contributed by atoms with Gasteiger partial charge in [0.2, 0.25) is 0 Å². The average molecular weight is 273 g/mol. The third kappa shape index (κ3) is 1.62. The first-order valence-corrected chi connectivity index (χ1v) is 6.26. The second kappa shape index (κ2) is 3.82. The molecule has 0 aromatic carbocycles. The molecule has 0 aliphatic carbocycles. The van der Waals surface area contributed by atoms with Crippen LogP contribution < -0.4 is 5.56 Å². The van der Waals surface area contributed by atoms with Crippen LogP contribution in [0, 0.1) is 0 Å². The molecule has 0 amide bonds. The number of halogens is 1. The van der Waals surface area contributed by atoms with Gasteiger partial charge in [-0.25, -0.2) is 4.98 Å². The minimum absolute atomic E-state index is 0.0704. The lowest BCUT2D eigenvalue weighted by Gasteiger charge is -1.93. The summed E-state index contributed by atoms with van der Waals surface area (Å²) < 4.78 is 0. The summed E-state index contributed by atoms with van der Waals surface area (Å²) in [7, 11) is 0. The lowest BCUT2D eigenvalue weighted by molar-refractivity contribution is 1.00. The molecule has 0 saturated carbocycles. The summed E-state index contributed by atoms with van der Waals surface area (Å²) in [6.45, 7) is 1.93. The van der Waals surface area contributed by atoms with Gasteiger partial charge in [0.05, 0.1) is 5.52 Å². The number of H-pyrrole nitrogens is 1. The lowest BCUT2D eigenvalue weighted by atomic mass is 10.3. The summed E-state index contributed by atoms with van der Waals surface area (Å²) in [5.74, 6) is 0. The Kier molecular flexibility index (Phi) is 2.69. The molecule has 74 valence electrons. The smallest absolute Gasteiger partial charge is 0.270 e. The largest absolute Gasteiger partial charge is 0.318 e. The van der Waals surface area contributed by atoms with Crippen molar-refractivity contribution in [3.05, 3.63) is 27.0 Å². The fourth-order valence-electron chi connectivity index (χ4n) is 1.28. The Labute approximate surface area is 93.3 Å². The minimum atomic E-state index is -0.0704. The molecule has 5 heteroatoms. The number of hydrogen-bond acceptors (Lipinski definition) is 3. The molecule has 3 nitrogen and oxygen atoms in total. The van der Waals surface area contributed by atoms with Crippen molar-refractivity contribution in [2.75, 3.05) is 0 Å². The van der Waals surface area contributed by atoms with Crippen molar-refractivity contribution >= 4 is 37.6 Å². The summed E-state index contributed by atoms with van der Waals surface area (Å²) in [6, 6.07) is 1.96. The number of hydrogen-bond donors (Lipinski definition) is 1. The van der Waals surface area contributed by atoms with E-state index in [1.807, 2.05) is 13.0 Å². The number of rotatable bonds is 2. The third-order valence-corrected chi connectivity index (χ3v) is 3.98. The maximum Gasteiger partial charge on any atom is 0.270 e. The number of fused-ring (bicyclic) bond motifs is 1. The van der Waals surface area contributed by atoms with Gasteiger partial charge in [-0.05, 0) is 12.5 Å². The zero-order chi connectivity index (χ0) is 10.1. The molecule has 2 rings (SSSR count). The molecule has 0 radical (unpaired) electrons. The number of thiophene rings is 1. The number of aromatic nitrogens is 2. The first kappa shape index (κ1) is 9.86. The third-order valence-electron chi connectivity index (χ3n) is 1.98. The molecule has 0 atom stereocenters. The normalized spacial score (nSPS) is 11.0. The number of aryl methyl sites for hydroxylation is 1. The molecular formula is C9H9BrN2OS. The predicted molar refractivity (Wildman–Crippen MR) is 62.2 cm³/mol. The van der Waals surface area contributed by atoms with Crippen LogP contribution >= 0.6 is 27.3 Å². The zero-order valence-corrected chi connectivity index (χ0v) is 10.0. The standard InChI is InChI=1S/C9H9BrN2OS/c1-2-6-8(13)11-7-3-5(4-10)14-9(7)12-6/h3H,2,4H2,1H3,(H,11,13). The van der Waals surface area contributed by atoms with Crippen LogP contribution in [0.4, 0.5) is 0 Å². The van der Waals surface area contributed by atoms with Gasteiger partial charge >= 0.3 is 0 Å². The van der Waals surface area contributed by atoms with Crippen molar-refractivity contribution in [3.63, 3.8) is 0 Å². The molecule has 0 spiro atoms. The van der Waals surface area contributed by atoms with E-state index in [0.29, 0.717) is 12.1 Å². The number of nitrogens with zero attached hydrogens (tertiary/aromatic N) is 1. The van der Waals surface area contributed by atoms with Gasteiger partial charge in [-0.3, -0.25) is 4.79 Å². The SMILES string of the molecule is CCc1nc2sc(CBr)cc2[nH]c1=O. The van der Waals surface area contributed by atoms with Crippen LogP contribution in [0.25, 0.3) is 10.3 Å². The zero-order valence-electron chi connectivity index (χ0n) is 7.63. The molecular weight excluding hydrogens is 264 g/mol. The summed E-state index contributed by atoms with van der Waals surface area (Å²) in [4.78, 5) is 20.7. The molecule has 0 aliphatic heterocycles. The Morgan fingerprint density at radius 1 is 1.64 bits per heavy atom. The van der Waals surface area contributed by atoms with Gasteiger partial charge < -0.3 is 4.98 Å². The molecule has 2 aromatic rings. The molecule has 2 aromatic heterocycles. The summed E-state index contributed by atoms with van der Waals surface area (Å²) in [6.07, 6.45) is 0.673. The first-order chi connectivity index (χ1) is 6.74. The summed E-state index contributed by atoms with van der Waals surface area (Å²) >= 11 is 4.99. The van der Waals surface area contributed by atoms with Gasteiger partial charge in [-0.2, -0.15) is 0 Å². The topological polar surface area (TPSA) is 45.8 Å². The first-order valence-electron chi connectivity index (χ1n) is 4.32. The molecule has 2 heterocycles. The Morgan fingerprint density at radius 2 is 2.43 bits per heavy atom. The fraction of sp³-hybridized carbons (Fsp3) is 0.333. The highest BCUT2D eigenvalue weighted by Gasteiger charge is 2.06. The van der Waals surface area contributed by atoms with E-state index in [-0.39, 0.29) is 5.56 Å². The van der Waals surface area contributed by atoms with Crippen LogP contribution in [-0.4, -0.2) is 9.97 Å². The van der Waals surface area contributed by atoms with Crippen LogP contribution in [0.2, 0.25) is 0 Å². The number of aromatic amines is 1. The molecule has 1 N–H and O–H groups in total. The van der Waals surface area contributed by atoms with Crippen LogP contribution in [-0.2, 0) is 11.8 Å². The average Bonchev–Trinajstić information content (AvgIpc) is 2.58.